The number of hydrogen-bond acceptors (Lipinski definition) is 7. The predicted octanol–water partition coefficient (Wildman–Crippen LogP) is 2.58. The molecule has 0 spiro atoms. The highest BCUT2D eigenvalue weighted by Crippen LogP contribution is 2.22. The number of aromatic hydroxyl groups is 1. The minimum absolute atomic E-state index is 0.160. The van der Waals surface area contributed by atoms with E-state index in [4.69, 9.17) is 20.9 Å². The van der Waals surface area contributed by atoms with Gasteiger partial charge in [0.1, 0.15) is 35.2 Å². The van der Waals surface area contributed by atoms with Crippen molar-refractivity contribution in [3.05, 3.63) is 64.9 Å². The van der Waals surface area contributed by atoms with Gasteiger partial charge in [-0.15, -0.1) is 0 Å². The van der Waals surface area contributed by atoms with E-state index in [1.807, 2.05) is 0 Å². The molecule has 4 N–H and O–H groups in total. The number of nitrogens with one attached hydrogen (secondary N) is 2. The molecule has 0 aliphatic carbocycles. The quantitative estimate of drug-likeness (QED) is 0.457. The highest BCUT2D eigenvalue weighted by atomic mass is 16.4. The van der Waals surface area contributed by atoms with E-state index < -0.39 is 23.2 Å². The van der Waals surface area contributed by atoms with Crippen molar-refractivity contribution in [1.82, 2.24) is 0 Å². The third-order valence-electron chi connectivity index (χ3n) is 3.46. The van der Waals surface area contributed by atoms with Crippen LogP contribution in [-0.2, 0) is 0 Å². The van der Waals surface area contributed by atoms with Crippen LogP contribution in [-0.4, -0.2) is 22.1 Å². The minimum atomic E-state index is -1.35. The second kappa shape index (κ2) is 8.52. The standard InChI is InChI=1S/C19H11N5O4/c20-8-12(9-21)16(10-22)23-13-3-1-2-11(6-13)18(26)24-14-4-5-17(25)15(7-14)19(27)28/h1-7,23,25H,(H,24,26)(H,27,28). The van der Waals surface area contributed by atoms with Crippen LogP contribution in [0.15, 0.2) is 53.7 Å². The fourth-order valence-corrected chi connectivity index (χ4v) is 2.15. The second-order valence-electron chi connectivity index (χ2n) is 5.28. The van der Waals surface area contributed by atoms with Crippen molar-refractivity contribution in [2.45, 2.75) is 0 Å². The SMILES string of the molecule is N#CC(C#N)=C(C#N)Nc1cccc(C(=O)Nc2ccc(O)c(C(=O)O)c2)c1. The van der Waals surface area contributed by atoms with Crippen LogP contribution in [0.25, 0.3) is 0 Å². The molecule has 0 bridgehead atoms. The number of allylic oxidation sites excluding steroid dienone is 2. The number of nitrogens with zero attached hydrogens (tertiary/aromatic N) is 3. The molecule has 136 valence electrons. The zero-order valence-corrected chi connectivity index (χ0v) is 14.1. The van der Waals surface area contributed by atoms with Crippen LogP contribution in [0.5, 0.6) is 5.75 Å². The molecule has 0 saturated carbocycles. The van der Waals surface area contributed by atoms with E-state index in [9.17, 15) is 14.7 Å². The summed E-state index contributed by atoms with van der Waals surface area (Å²) in [6.07, 6.45) is 0. The summed E-state index contributed by atoms with van der Waals surface area (Å²) in [7, 11) is 0. The second-order valence-corrected chi connectivity index (χ2v) is 5.28. The number of hydrogen-bond donors (Lipinski definition) is 4. The fourth-order valence-electron chi connectivity index (χ4n) is 2.15. The number of carbonyl (C=O) groups excluding carboxylic acids is 1. The molecule has 0 fully saturated rings. The summed E-state index contributed by atoms with van der Waals surface area (Å²) in [5.74, 6) is -2.35. The van der Waals surface area contributed by atoms with Gasteiger partial charge in [0, 0.05) is 16.9 Å². The molecule has 0 aromatic heterocycles. The Morgan fingerprint density at radius 1 is 0.893 bits per heavy atom. The Morgan fingerprint density at radius 2 is 1.57 bits per heavy atom. The Balaban J connectivity index is 2.26. The maximum atomic E-state index is 12.4. The van der Waals surface area contributed by atoms with Crippen LogP contribution >= 0.6 is 0 Å². The molecule has 1 amide bonds. The first kappa shape index (κ1) is 19.5. The van der Waals surface area contributed by atoms with Crippen LogP contribution in [0, 0.1) is 34.0 Å². The first-order chi connectivity index (χ1) is 13.4. The van der Waals surface area contributed by atoms with Crippen LogP contribution in [0.2, 0.25) is 0 Å². The van der Waals surface area contributed by atoms with E-state index in [2.05, 4.69) is 10.6 Å². The van der Waals surface area contributed by atoms with Gasteiger partial charge in [0.15, 0.2) is 5.57 Å². The Hall–Kier alpha value is -4.81. The summed E-state index contributed by atoms with van der Waals surface area (Å²) in [5, 5.41) is 50.4. The fraction of sp³-hybridized carbons (Fsp3) is 0. The number of carboxylic acids is 1. The van der Waals surface area contributed by atoms with Crippen molar-refractivity contribution in [2.24, 2.45) is 0 Å². The Kier molecular flexibility index (Phi) is 5.94. The van der Waals surface area contributed by atoms with Gasteiger partial charge in [0.25, 0.3) is 5.91 Å². The highest BCUT2D eigenvalue weighted by molar-refractivity contribution is 6.05. The van der Waals surface area contributed by atoms with Gasteiger partial charge in [-0.05, 0) is 36.4 Å². The molecule has 0 saturated heterocycles. The average molecular weight is 373 g/mol. The number of amides is 1. The van der Waals surface area contributed by atoms with Gasteiger partial charge in [-0.1, -0.05) is 6.07 Å². The van der Waals surface area contributed by atoms with Gasteiger partial charge in [-0.3, -0.25) is 4.79 Å². The third-order valence-corrected chi connectivity index (χ3v) is 3.46. The third kappa shape index (κ3) is 4.42. The molecule has 0 aliphatic rings. The average Bonchev–Trinajstić information content (AvgIpc) is 2.69. The maximum absolute atomic E-state index is 12.4. The monoisotopic (exact) mass is 373 g/mol. The van der Waals surface area contributed by atoms with E-state index in [1.54, 1.807) is 18.2 Å². The maximum Gasteiger partial charge on any atom is 0.339 e. The lowest BCUT2D eigenvalue weighted by atomic mass is 10.1. The van der Waals surface area contributed by atoms with Crippen LogP contribution in [0.1, 0.15) is 20.7 Å². The topological polar surface area (TPSA) is 170 Å². The van der Waals surface area contributed by atoms with Gasteiger partial charge in [0.05, 0.1) is 0 Å². The highest BCUT2D eigenvalue weighted by Gasteiger charge is 2.13. The number of benzene rings is 2. The van der Waals surface area contributed by atoms with Crippen molar-refractivity contribution in [3.63, 3.8) is 0 Å². The molecule has 0 aliphatic heterocycles. The molecule has 2 rings (SSSR count). The molecular formula is C19H11N5O4. The minimum Gasteiger partial charge on any atom is -0.507 e. The predicted molar refractivity (Wildman–Crippen MR) is 96.9 cm³/mol. The van der Waals surface area contributed by atoms with E-state index in [0.29, 0.717) is 5.69 Å². The number of rotatable bonds is 5. The summed E-state index contributed by atoms with van der Waals surface area (Å²) in [6.45, 7) is 0. The summed E-state index contributed by atoms with van der Waals surface area (Å²) < 4.78 is 0. The van der Waals surface area contributed by atoms with E-state index in [0.717, 1.165) is 12.1 Å². The molecule has 28 heavy (non-hydrogen) atoms. The van der Waals surface area contributed by atoms with Crippen LogP contribution in [0.3, 0.4) is 0 Å². The first-order valence-corrected chi connectivity index (χ1v) is 7.59. The lowest BCUT2D eigenvalue weighted by molar-refractivity contribution is 0.0693. The number of aromatic carboxylic acids is 1. The smallest absolute Gasteiger partial charge is 0.339 e. The molecule has 0 heterocycles. The van der Waals surface area contributed by atoms with Crippen LogP contribution < -0.4 is 10.6 Å². The first-order valence-electron chi connectivity index (χ1n) is 7.59. The Labute approximate surface area is 159 Å². The van der Waals surface area contributed by atoms with Crippen molar-refractivity contribution in [3.8, 4) is 24.0 Å². The normalized spacial score (nSPS) is 9.18. The lowest BCUT2D eigenvalue weighted by Crippen LogP contribution is -2.13. The van der Waals surface area contributed by atoms with E-state index in [1.165, 1.54) is 30.3 Å². The van der Waals surface area contributed by atoms with E-state index in [-0.39, 0.29) is 22.5 Å². The Morgan fingerprint density at radius 3 is 2.18 bits per heavy atom. The molecule has 9 heteroatoms. The largest absolute Gasteiger partial charge is 0.507 e. The molecule has 2 aromatic rings. The summed E-state index contributed by atoms with van der Waals surface area (Å²) >= 11 is 0. The van der Waals surface area contributed by atoms with Gasteiger partial charge < -0.3 is 20.8 Å². The number of anilines is 2. The van der Waals surface area contributed by atoms with E-state index >= 15 is 0 Å². The molecule has 0 unspecified atom stereocenters. The molecule has 0 radical (unpaired) electrons. The molecular weight excluding hydrogens is 362 g/mol. The number of carboxylic acid groups (broad SMARTS) is 1. The van der Waals surface area contributed by atoms with Crippen molar-refractivity contribution >= 4 is 23.3 Å². The van der Waals surface area contributed by atoms with Crippen molar-refractivity contribution in [1.29, 1.82) is 15.8 Å². The van der Waals surface area contributed by atoms with Gasteiger partial charge in [-0.2, -0.15) is 15.8 Å². The van der Waals surface area contributed by atoms with Gasteiger partial charge in [0.2, 0.25) is 0 Å². The Bertz CT molecular complexity index is 1100. The molecule has 0 atom stereocenters. The zero-order chi connectivity index (χ0) is 20.7. The lowest BCUT2D eigenvalue weighted by Gasteiger charge is -2.09. The number of carbonyl (C=O) groups is 2. The van der Waals surface area contributed by atoms with Gasteiger partial charge >= 0.3 is 5.97 Å². The number of phenols is 1. The van der Waals surface area contributed by atoms with Gasteiger partial charge in [-0.25, -0.2) is 4.79 Å². The van der Waals surface area contributed by atoms with Crippen LogP contribution in [0.4, 0.5) is 11.4 Å². The summed E-state index contributed by atoms with van der Waals surface area (Å²) in [6, 6.07) is 14.4. The summed E-state index contributed by atoms with van der Waals surface area (Å²) in [5.41, 5.74) is -0.397. The summed E-state index contributed by atoms with van der Waals surface area (Å²) in [4.78, 5) is 23.5. The van der Waals surface area contributed by atoms with Crippen molar-refractivity contribution in [2.75, 3.05) is 10.6 Å². The van der Waals surface area contributed by atoms with Crippen molar-refractivity contribution < 1.29 is 19.8 Å². The number of nitriles is 3. The molecule has 2 aromatic carbocycles. The zero-order valence-electron chi connectivity index (χ0n) is 14.1. The molecule has 9 nitrogen and oxygen atoms in total.